The second-order valence-electron chi connectivity index (χ2n) is 6.15. The molecule has 27 heavy (non-hydrogen) atoms. The van der Waals surface area contributed by atoms with Crippen molar-refractivity contribution < 1.29 is 19.1 Å². The Morgan fingerprint density at radius 3 is 2.48 bits per heavy atom. The van der Waals surface area contributed by atoms with E-state index in [1.54, 1.807) is 12.1 Å². The second-order valence-corrected chi connectivity index (χ2v) is 6.59. The fourth-order valence-electron chi connectivity index (χ4n) is 2.71. The Hall–Kier alpha value is -2.53. The van der Waals surface area contributed by atoms with Crippen LogP contribution in [0.2, 0.25) is 5.02 Å². The summed E-state index contributed by atoms with van der Waals surface area (Å²) >= 11 is 5.93. The number of esters is 1. The molecule has 1 amide bonds. The molecule has 144 valence electrons. The Labute approximate surface area is 164 Å². The van der Waals surface area contributed by atoms with Crippen molar-refractivity contribution in [2.24, 2.45) is 0 Å². The molecule has 2 aromatic carbocycles. The molecule has 0 radical (unpaired) electrons. The molecule has 0 aliphatic heterocycles. The first-order chi connectivity index (χ1) is 13.0. The molecule has 0 spiro atoms. The summed E-state index contributed by atoms with van der Waals surface area (Å²) < 4.78 is 10.4. The maximum absolute atomic E-state index is 12.4. The van der Waals surface area contributed by atoms with E-state index in [9.17, 15) is 9.59 Å². The molecular weight excluding hydrogens is 366 g/mol. The molecule has 1 N–H and O–H groups in total. The molecule has 0 heterocycles. The quantitative estimate of drug-likeness (QED) is 0.687. The molecule has 0 bridgehead atoms. The fourth-order valence-corrected chi connectivity index (χ4v) is 2.88. The minimum atomic E-state index is -0.936. The van der Waals surface area contributed by atoms with Gasteiger partial charge < -0.3 is 14.8 Å². The van der Waals surface area contributed by atoms with Gasteiger partial charge in [-0.3, -0.25) is 4.79 Å². The lowest BCUT2D eigenvalue weighted by atomic mass is 9.96. The van der Waals surface area contributed by atoms with Crippen molar-refractivity contribution in [2.45, 2.75) is 32.3 Å². The third kappa shape index (κ3) is 5.73. The second kappa shape index (κ2) is 9.97. The maximum atomic E-state index is 12.4. The Morgan fingerprint density at radius 2 is 1.85 bits per heavy atom. The van der Waals surface area contributed by atoms with Crippen LogP contribution in [0.4, 0.5) is 0 Å². The van der Waals surface area contributed by atoms with E-state index in [-0.39, 0.29) is 17.4 Å². The number of hydrogen-bond donors (Lipinski definition) is 1. The van der Waals surface area contributed by atoms with Crippen molar-refractivity contribution in [3.8, 4) is 5.75 Å². The smallest absolute Gasteiger partial charge is 0.342 e. The lowest BCUT2D eigenvalue weighted by Gasteiger charge is -2.19. The molecule has 0 fully saturated rings. The van der Waals surface area contributed by atoms with Gasteiger partial charge in [-0.05, 0) is 37.1 Å². The monoisotopic (exact) mass is 389 g/mol. The molecule has 0 saturated carbocycles. The normalized spacial score (nSPS) is 12.7. The van der Waals surface area contributed by atoms with Crippen molar-refractivity contribution in [2.75, 3.05) is 13.7 Å². The van der Waals surface area contributed by atoms with E-state index in [0.29, 0.717) is 17.3 Å². The van der Waals surface area contributed by atoms with Gasteiger partial charge in [0.1, 0.15) is 11.3 Å². The van der Waals surface area contributed by atoms with Crippen molar-refractivity contribution in [3.63, 3.8) is 0 Å². The Kier molecular flexibility index (Phi) is 7.67. The van der Waals surface area contributed by atoms with Gasteiger partial charge in [0, 0.05) is 17.5 Å². The van der Waals surface area contributed by atoms with Gasteiger partial charge in [0.15, 0.2) is 6.10 Å². The van der Waals surface area contributed by atoms with Crippen molar-refractivity contribution in [1.29, 1.82) is 0 Å². The van der Waals surface area contributed by atoms with Gasteiger partial charge in [-0.2, -0.15) is 0 Å². The summed E-state index contributed by atoms with van der Waals surface area (Å²) in [5.74, 6) is -0.468. The highest BCUT2D eigenvalue weighted by molar-refractivity contribution is 6.31. The van der Waals surface area contributed by atoms with Gasteiger partial charge in [-0.1, -0.05) is 48.9 Å². The summed E-state index contributed by atoms with van der Waals surface area (Å²) in [5.41, 5.74) is 1.34. The minimum Gasteiger partial charge on any atom is -0.496 e. The van der Waals surface area contributed by atoms with E-state index in [2.05, 4.69) is 12.2 Å². The SMILES string of the molecule is CC[C@H](CNC(=O)[C@@H](C)OC(=O)c1cc(Cl)ccc1OC)c1ccccc1. The van der Waals surface area contributed by atoms with Crippen molar-refractivity contribution >= 4 is 23.5 Å². The first-order valence-corrected chi connectivity index (χ1v) is 9.21. The Bertz CT molecular complexity index is 779. The predicted octanol–water partition coefficient (Wildman–Crippen LogP) is 4.20. The summed E-state index contributed by atoms with van der Waals surface area (Å²) in [4.78, 5) is 24.7. The molecule has 0 aromatic heterocycles. The predicted molar refractivity (Wildman–Crippen MR) is 105 cm³/mol. The van der Waals surface area contributed by atoms with E-state index >= 15 is 0 Å². The van der Waals surface area contributed by atoms with Gasteiger partial charge >= 0.3 is 5.97 Å². The van der Waals surface area contributed by atoms with Crippen molar-refractivity contribution in [1.82, 2.24) is 5.32 Å². The Morgan fingerprint density at radius 1 is 1.15 bits per heavy atom. The molecule has 2 aromatic rings. The van der Waals surface area contributed by atoms with Crippen LogP contribution in [0.3, 0.4) is 0 Å². The molecule has 0 aliphatic rings. The minimum absolute atomic E-state index is 0.181. The van der Waals surface area contributed by atoms with E-state index in [1.807, 2.05) is 30.3 Å². The van der Waals surface area contributed by atoms with Crippen LogP contribution in [0.15, 0.2) is 48.5 Å². The van der Waals surface area contributed by atoms with Crippen LogP contribution in [0, 0.1) is 0 Å². The van der Waals surface area contributed by atoms with E-state index in [0.717, 1.165) is 12.0 Å². The lowest BCUT2D eigenvalue weighted by molar-refractivity contribution is -0.129. The topological polar surface area (TPSA) is 64.6 Å². The number of methoxy groups -OCH3 is 1. The number of carbonyl (C=O) groups excluding carboxylic acids is 2. The molecule has 2 rings (SSSR count). The molecule has 6 heteroatoms. The number of ether oxygens (including phenoxy) is 2. The molecule has 0 unspecified atom stereocenters. The lowest BCUT2D eigenvalue weighted by Crippen LogP contribution is -2.38. The number of halogens is 1. The Balaban J connectivity index is 1.95. The number of hydrogen-bond acceptors (Lipinski definition) is 4. The maximum Gasteiger partial charge on any atom is 0.342 e. The van der Waals surface area contributed by atoms with Crippen LogP contribution in [-0.4, -0.2) is 31.6 Å². The largest absolute Gasteiger partial charge is 0.496 e. The van der Waals surface area contributed by atoms with Gasteiger partial charge in [-0.15, -0.1) is 0 Å². The van der Waals surface area contributed by atoms with Crippen LogP contribution in [0.1, 0.15) is 42.1 Å². The van der Waals surface area contributed by atoms with Gasteiger partial charge in [-0.25, -0.2) is 4.79 Å². The first-order valence-electron chi connectivity index (χ1n) is 8.83. The summed E-state index contributed by atoms with van der Waals surface area (Å²) in [6.45, 7) is 4.08. The first kappa shape index (κ1) is 20.8. The summed E-state index contributed by atoms with van der Waals surface area (Å²) in [5, 5.41) is 3.24. The zero-order valence-electron chi connectivity index (χ0n) is 15.7. The van der Waals surface area contributed by atoms with E-state index in [4.69, 9.17) is 21.1 Å². The number of amides is 1. The van der Waals surface area contributed by atoms with Crippen molar-refractivity contribution in [3.05, 3.63) is 64.7 Å². The standard InChI is InChI=1S/C21H24ClNO4/c1-4-15(16-8-6-5-7-9-16)13-23-20(24)14(2)27-21(25)18-12-17(22)10-11-19(18)26-3/h5-12,14-15H,4,13H2,1-3H3,(H,23,24)/t14-,15-/m1/s1. The van der Waals surface area contributed by atoms with Crippen LogP contribution in [0.25, 0.3) is 0 Å². The van der Waals surface area contributed by atoms with E-state index in [1.165, 1.54) is 20.1 Å². The molecule has 5 nitrogen and oxygen atoms in total. The van der Waals surface area contributed by atoms with Crippen LogP contribution < -0.4 is 10.1 Å². The number of nitrogens with one attached hydrogen (secondary N) is 1. The molecule has 0 saturated heterocycles. The summed E-state index contributed by atoms with van der Waals surface area (Å²) in [7, 11) is 1.45. The highest BCUT2D eigenvalue weighted by Gasteiger charge is 2.22. The zero-order valence-corrected chi connectivity index (χ0v) is 16.5. The molecule has 2 atom stereocenters. The van der Waals surface area contributed by atoms with Crippen LogP contribution in [0.5, 0.6) is 5.75 Å². The van der Waals surface area contributed by atoms with Crippen LogP contribution >= 0.6 is 11.6 Å². The van der Waals surface area contributed by atoms with Gasteiger partial charge in [0.05, 0.1) is 7.11 Å². The highest BCUT2D eigenvalue weighted by Crippen LogP contribution is 2.24. The van der Waals surface area contributed by atoms with Gasteiger partial charge in [0.25, 0.3) is 5.91 Å². The summed E-state index contributed by atoms with van der Waals surface area (Å²) in [6.07, 6.45) is -0.0486. The van der Waals surface area contributed by atoms with Gasteiger partial charge in [0.2, 0.25) is 0 Å². The third-order valence-corrected chi connectivity index (χ3v) is 4.56. The zero-order chi connectivity index (χ0) is 19.8. The van der Waals surface area contributed by atoms with Crippen LogP contribution in [-0.2, 0) is 9.53 Å². The average molecular weight is 390 g/mol. The summed E-state index contributed by atoms with van der Waals surface area (Å²) in [6, 6.07) is 14.6. The average Bonchev–Trinajstić information content (AvgIpc) is 2.68. The molecule has 0 aliphatic carbocycles. The highest BCUT2D eigenvalue weighted by atomic mass is 35.5. The number of carbonyl (C=O) groups is 2. The van der Waals surface area contributed by atoms with E-state index < -0.39 is 12.1 Å². The third-order valence-electron chi connectivity index (χ3n) is 4.32. The number of benzene rings is 2. The fraction of sp³-hybridized carbons (Fsp3) is 0.333. The number of rotatable bonds is 8. The molecular formula is C21H24ClNO4.